The molecular formula is C11H14N2O3. The van der Waals surface area contributed by atoms with E-state index in [9.17, 15) is 9.59 Å². The minimum atomic E-state index is -1.11. The van der Waals surface area contributed by atoms with Gasteiger partial charge in [0.15, 0.2) is 0 Å². The van der Waals surface area contributed by atoms with Gasteiger partial charge in [-0.05, 0) is 31.0 Å². The zero-order chi connectivity index (χ0) is 12.0. The molecule has 1 aromatic rings. The maximum atomic E-state index is 11.3. The summed E-state index contributed by atoms with van der Waals surface area (Å²) in [6, 6.07) is 3.71. The Morgan fingerprint density at radius 3 is 2.62 bits per heavy atom. The van der Waals surface area contributed by atoms with Gasteiger partial charge in [-0.3, -0.25) is 14.6 Å². The zero-order valence-corrected chi connectivity index (χ0v) is 9.01. The van der Waals surface area contributed by atoms with Crippen molar-refractivity contribution in [1.29, 1.82) is 0 Å². The van der Waals surface area contributed by atoms with Crippen LogP contribution in [-0.2, 0) is 16.0 Å². The molecule has 1 rings (SSSR count). The molecule has 16 heavy (non-hydrogen) atoms. The van der Waals surface area contributed by atoms with Crippen molar-refractivity contribution >= 4 is 11.9 Å². The van der Waals surface area contributed by atoms with Gasteiger partial charge >= 0.3 is 5.97 Å². The molecule has 0 aliphatic carbocycles. The summed E-state index contributed by atoms with van der Waals surface area (Å²) < 4.78 is 0. The summed E-state index contributed by atoms with van der Waals surface area (Å²) in [5, 5.41) is 11.2. The lowest BCUT2D eigenvalue weighted by Gasteiger charge is -2.07. The molecule has 0 bridgehead atoms. The zero-order valence-electron chi connectivity index (χ0n) is 9.01. The van der Waals surface area contributed by atoms with Crippen molar-refractivity contribution in [3.8, 4) is 0 Å². The van der Waals surface area contributed by atoms with E-state index in [1.807, 2.05) is 12.1 Å². The number of hydrogen-bond acceptors (Lipinski definition) is 3. The summed E-state index contributed by atoms with van der Waals surface area (Å²) >= 11 is 0. The highest BCUT2D eigenvalue weighted by Crippen LogP contribution is 1.97. The van der Waals surface area contributed by atoms with E-state index >= 15 is 0 Å². The van der Waals surface area contributed by atoms with Crippen molar-refractivity contribution in [3.05, 3.63) is 30.1 Å². The second-order valence-corrected chi connectivity index (χ2v) is 3.46. The van der Waals surface area contributed by atoms with Crippen molar-refractivity contribution < 1.29 is 14.7 Å². The first kappa shape index (κ1) is 12.2. The van der Waals surface area contributed by atoms with Gasteiger partial charge in [-0.2, -0.15) is 0 Å². The lowest BCUT2D eigenvalue weighted by atomic mass is 10.1. The topological polar surface area (TPSA) is 79.3 Å². The molecule has 5 heteroatoms. The molecule has 1 unspecified atom stereocenters. The first-order valence-corrected chi connectivity index (χ1v) is 5.00. The minimum Gasteiger partial charge on any atom is -0.481 e. The molecule has 0 aliphatic heterocycles. The molecule has 1 atom stereocenters. The van der Waals surface area contributed by atoms with Crippen LogP contribution in [0.3, 0.4) is 0 Å². The van der Waals surface area contributed by atoms with E-state index in [4.69, 9.17) is 5.11 Å². The average molecular weight is 222 g/mol. The number of carboxylic acids is 1. The number of carboxylic acid groups (broad SMARTS) is 1. The molecule has 0 saturated carbocycles. The van der Waals surface area contributed by atoms with Gasteiger partial charge < -0.3 is 10.4 Å². The van der Waals surface area contributed by atoms with Crippen LogP contribution in [0.5, 0.6) is 0 Å². The van der Waals surface area contributed by atoms with Gasteiger partial charge in [0.1, 0.15) is 5.92 Å². The van der Waals surface area contributed by atoms with Crippen LogP contribution in [0.2, 0.25) is 0 Å². The summed E-state index contributed by atoms with van der Waals surface area (Å²) in [4.78, 5) is 25.7. The smallest absolute Gasteiger partial charge is 0.315 e. The second-order valence-electron chi connectivity index (χ2n) is 3.46. The highest BCUT2D eigenvalue weighted by Gasteiger charge is 2.19. The minimum absolute atomic E-state index is 0.431. The van der Waals surface area contributed by atoms with Gasteiger partial charge in [0.25, 0.3) is 0 Å². The predicted octanol–water partition coefficient (Wildman–Crippen LogP) is 0.461. The SMILES string of the molecule is CC(C(=O)O)C(=O)NCCc1ccncc1. The van der Waals surface area contributed by atoms with Gasteiger partial charge in [-0.25, -0.2) is 0 Å². The number of hydrogen-bond donors (Lipinski definition) is 2. The molecule has 1 aromatic heterocycles. The fraction of sp³-hybridized carbons (Fsp3) is 0.364. The number of aliphatic carboxylic acids is 1. The largest absolute Gasteiger partial charge is 0.481 e. The first-order chi connectivity index (χ1) is 7.61. The fourth-order valence-electron chi connectivity index (χ4n) is 1.14. The molecular weight excluding hydrogens is 208 g/mol. The monoisotopic (exact) mass is 222 g/mol. The molecule has 0 radical (unpaired) electrons. The normalized spacial score (nSPS) is 11.8. The maximum Gasteiger partial charge on any atom is 0.315 e. The Labute approximate surface area is 93.5 Å². The summed E-state index contributed by atoms with van der Waals surface area (Å²) in [6.07, 6.45) is 4.02. The fourth-order valence-corrected chi connectivity index (χ4v) is 1.14. The predicted molar refractivity (Wildman–Crippen MR) is 57.8 cm³/mol. The molecule has 0 aliphatic rings. The number of carbonyl (C=O) groups is 2. The van der Waals surface area contributed by atoms with Crippen LogP contribution in [-0.4, -0.2) is 28.5 Å². The van der Waals surface area contributed by atoms with E-state index in [0.717, 1.165) is 5.56 Å². The number of pyridine rings is 1. The van der Waals surface area contributed by atoms with E-state index in [-0.39, 0.29) is 0 Å². The highest BCUT2D eigenvalue weighted by atomic mass is 16.4. The molecule has 1 amide bonds. The van der Waals surface area contributed by atoms with Gasteiger partial charge in [-0.15, -0.1) is 0 Å². The van der Waals surface area contributed by atoms with E-state index in [1.165, 1.54) is 6.92 Å². The quantitative estimate of drug-likeness (QED) is 0.709. The van der Waals surface area contributed by atoms with Crippen LogP contribution in [0.4, 0.5) is 0 Å². The second kappa shape index (κ2) is 5.85. The lowest BCUT2D eigenvalue weighted by molar-refractivity contribution is -0.146. The van der Waals surface area contributed by atoms with Gasteiger partial charge in [-0.1, -0.05) is 0 Å². The molecule has 1 heterocycles. The lowest BCUT2D eigenvalue weighted by Crippen LogP contribution is -2.34. The molecule has 0 spiro atoms. The summed E-state index contributed by atoms with van der Waals surface area (Å²) in [6.45, 7) is 1.80. The van der Waals surface area contributed by atoms with Crippen LogP contribution in [0.1, 0.15) is 12.5 Å². The standard InChI is InChI=1S/C11H14N2O3/c1-8(11(15)16)10(14)13-7-4-9-2-5-12-6-3-9/h2-3,5-6,8H,4,7H2,1H3,(H,13,14)(H,15,16). The highest BCUT2D eigenvalue weighted by molar-refractivity contribution is 5.96. The van der Waals surface area contributed by atoms with Crippen LogP contribution in [0.15, 0.2) is 24.5 Å². The number of carbonyl (C=O) groups excluding carboxylic acids is 1. The van der Waals surface area contributed by atoms with Crippen molar-refractivity contribution in [2.45, 2.75) is 13.3 Å². The Hall–Kier alpha value is -1.91. The maximum absolute atomic E-state index is 11.3. The Kier molecular flexibility index (Phi) is 4.44. The Morgan fingerprint density at radius 2 is 2.06 bits per heavy atom. The first-order valence-electron chi connectivity index (χ1n) is 5.00. The molecule has 2 N–H and O–H groups in total. The van der Waals surface area contributed by atoms with Crippen LogP contribution in [0, 0.1) is 5.92 Å². The Balaban J connectivity index is 2.31. The third-order valence-corrected chi connectivity index (χ3v) is 2.23. The van der Waals surface area contributed by atoms with Crippen LogP contribution < -0.4 is 5.32 Å². The molecule has 0 aromatic carbocycles. The van der Waals surface area contributed by atoms with E-state index in [0.29, 0.717) is 13.0 Å². The van der Waals surface area contributed by atoms with E-state index < -0.39 is 17.8 Å². The third kappa shape index (κ3) is 3.68. The molecule has 0 fully saturated rings. The number of nitrogens with zero attached hydrogens (tertiary/aromatic N) is 1. The van der Waals surface area contributed by atoms with Crippen LogP contribution in [0.25, 0.3) is 0 Å². The molecule has 0 saturated heterocycles. The molecule has 5 nitrogen and oxygen atoms in total. The summed E-state index contributed by atoms with van der Waals surface area (Å²) in [5.74, 6) is -2.57. The van der Waals surface area contributed by atoms with Crippen molar-refractivity contribution in [2.24, 2.45) is 5.92 Å². The van der Waals surface area contributed by atoms with E-state index in [1.54, 1.807) is 12.4 Å². The Morgan fingerprint density at radius 1 is 1.44 bits per heavy atom. The van der Waals surface area contributed by atoms with Gasteiger partial charge in [0.2, 0.25) is 5.91 Å². The van der Waals surface area contributed by atoms with Crippen molar-refractivity contribution in [3.63, 3.8) is 0 Å². The van der Waals surface area contributed by atoms with Crippen LogP contribution >= 0.6 is 0 Å². The molecule has 86 valence electrons. The van der Waals surface area contributed by atoms with E-state index in [2.05, 4.69) is 10.3 Å². The number of nitrogens with one attached hydrogen (secondary N) is 1. The summed E-state index contributed by atoms with van der Waals surface area (Å²) in [7, 11) is 0. The number of rotatable bonds is 5. The average Bonchev–Trinajstić information content (AvgIpc) is 2.29. The third-order valence-electron chi connectivity index (χ3n) is 2.23. The van der Waals surface area contributed by atoms with Gasteiger partial charge in [0.05, 0.1) is 0 Å². The van der Waals surface area contributed by atoms with Crippen molar-refractivity contribution in [1.82, 2.24) is 10.3 Å². The Bertz CT molecular complexity index is 365. The van der Waals surface area contributed by atoms with Crippen molar-refractivity contribution in [2.75, 3.05) is 6.54 Å². The van der Waals surface area contributed by atoms with Gasteiger partial charge in [0, 0.05) is 18.9 Å². The summed E-state index contributed by atoms with van der Waals surface area (Å²) in [5.41, 5.74) is 1.05. The number of amides is 1. The number of aromatic nitrogens is 1.